The lowest BCUT2D eigenvalue weighted by atomic mass is 9.88. The van der Waals surface area contributed by atoms with Crippen LogP contribution in [0.3, 0.4) is 0 Å². The summed E-state index contributed by atoms with van der Waals surface area (Å²) in [5.41, 5.74) is 1.40. The Morgan fingerprint density at radius 3 is 2.78 bits per heavy atom. The zero-order valence-electron chi connectivity index (χ0n) is 16.2. The van der Waals surface area contributed by atoms with Crippen molar-refractivity contribution in [3.8, 4) is 0 Å². The molecule has 0 saturated heterocycles. The Bertz CT molecular complexity index is 600. The third-order valence-corrected chi connectivity index (χ3v) is 4.94. The number of anilines is 1. The van der Waals surface area contributed by atoms with Crippen molar-refractivity contribution in [2.45, 2.75) is 64.4 Å². The van der Waals surface area contributed by atoms with E-state index < -0.39 is 12.2 Å². The summed E-state index contributed by atoms with van der Waals surface area (Å²) in [5.74, 6) is 0.153. The van der Waals surface area contributed by atoms with Crippen LogP contribution in [0.2, 0.25) is 0 Å². The Kier molecular flexibility index (Phi) is 9.11. The Morgan fingerprint density at radius 2 is 2.04 bits per heavy atom. The monoisotopic (exact) mass is 376 g/mol. The molecule has 0 bridgehead atoms. The number of hydrogen-bond donors (Lipinski definition) is 3. The van der Waals surface area contributed by atoms with Gasteiger partial charge in [0.15, 0.2) is 0 Å². The Balaban J connectivity index is 1.77. The molecule has 6 heteroatoms. The van der Waals surface area contributed by atoms with Gasteiger partial charge in [-0.2, -0.15) is 0 Å². The van der Waals surface area contributed by atoms with Crippen molar-refractivity contribution in [1.82, 2.24) is 5.32 Å². The maximum atomic E-state index is 12.4. The first-order valence-electron chi connectivity index (χ1n) is 10.1. The minimum Gasteiger partial charge on any atom is -0.449 e. The number of hydrogen-bond acceptors (Lipinski definition) is 4. The SMILES string of the molecule is CCCCNC(=O)OCCC(O)c1cccc(NC(=O)C2CCCCC2)c1. The topological polar surface area (TPSA) is 87.7 Å². The van der Waals surface area contributed by atoms with E-state index in [2.05, 4.69) is 17.6 Å². The second kappa shape index (κ2) is 11.6. The summed E-state index contributed by atoms with van der Waals surface area (Å²) < 4.78 is 5.08. The Morgan fingerprint density at radius 1 is 1.26 bits per heavy atom. The first kappa shape index (κ1) is 21.2. The number of rotatable bonds is 9. The second-order valence-electron chi connectivity index (χ2n) is 7.17. The van der Waals surface area contributed by atoms with Crippen LogP contribution < -0.4 is 10.6 Å². The molecule has 6 nitrogen and oxygen atoms in total. The summed E-state index contributed by atoms with van der Waals surface area (Å²) in [5, 5.41) is 16.0. The molecule has 0 radical (unpaired) electrons. The number of aliphatic hydroxyl groups is 1. The number of benzene rings is 1. The molecule has 1 aromatic rings. The van der Waals surface area contributed by atoms with Gasteiger partial charge in [-0.25, -0.2) is 4.79 Å². The number of carbonyl (C=O) groups excluding carboxylic acids is 2. The van der Waals surface area contributed by atoms with Crippen LogP contribution in [-0.4, -0.2) is 30.3 Å². The van der Waals surface area contributed by atoms with Crippen LogP contribution >= 0.6 is 0 Å². The number of ether oxygens (including phenoxy) is 1. The van der Waals surface area contributed by atoms with Gasteiger partial charge in [0.1, 0.15) is 0 Å². The molecule has 0 spiro atoms. The Labute approximate surface area is 161 Å². The predicted octanol–water partition coefficient (Wildman–Crippen LogP) is 4.16. The lowest BCUT2D eigenvalue weighted by molar-refractivity contribution is -0.120. The molecule has 27 heavy (non-hydrogen) atoms. The van der Waals surface area contributed by atoms with E-state index in [4.69, 9.17) is 4.74 Å². The van der Waals surface area contributed by atoms with Gasteiger partial charge in [0.05, 0.1) is 12.7 Å². The number of alkyl carbamates (subject to hydrolysis) is 1. The van der Waals surface area contributed by atoms with Crippen LogP contribution in [0.5, 0.6) is 0 Å². The van der Waals surface area contributed by atoms with Crippen LogP contribution in [0.25, 0.3) is 0 Å². The van der Waals surface area contributed by atoms with E-state index in [0.717, 1.165) is 38.5 Å². The first-order chi connectivity index (χ1) is 13.1. The van der Waals surface area contributed by atoms with Crippen molar-refractivity contribution in [2.75, 3.05) is 18.5 Å². The van der Waals surface area contributed by atoms with Crippen LogP contribution in [0, 0.1) is 5.92 Å². The van der Waals surface area contributed by atoms with Crippen molar-refractivity contribution < 1.29 is 19.4 Å². The molecule has 0 aliphatic heterocycles. The maximum Gasteiger partial charge on any atom is 0.407 e. The molecular weight excluding hydrogens is 344 g/mol. The second-order valence-corrected chi connectivity index (χ2v) is 7.17. The molecule has 2 rings (SSSR count). The normalized spacial score (nSPS) is 15.8. The highest BCUT2D eigenvalue weighted by Gasteiger charge is 2.21. The summed E-state index contributed by atoms with van der Waals surface area (Å²) >= 11 is 0. The van der Waals surface area contributed by atoms with Crippen molar-refractivity contribution in [3.63, 3.8) is 0 Å². The number of carbonyl (C=O) groups is 2. The minimum atomic E-state index is -0.750. The van der Waals surface area contributed by atoms with Crippen LogP contribution in [0.15, 0.2) is 24.3 Å². The van der Waals surface area contributed by atoms with Gasteiger partial charge in [0, 0.05) is 24.6 Å². The molecule has 2 amide bonds. The van der Waals surface area contributed by atoms with Gasteiger partial charge < -0.3 is 20.5 Å². The summed E-state index contributed by atoms with van der Waals surface area (Å²) in [6.45, 7) is 2.79. The standard InChI is InChI=1S/C21H32N2O4/c1-2-3-13-22-21(26)27-14-12-19(24)17-10-7-11-18(15-17)23-20(25)16-8-5-4-6-9-16/h7,10-11,15-16,19,24H,2-6,8-9,12-14H2,1H3,(H,22,26)(H,23,25). The molecule has 0 aromatic heterocycles. The molecule has 150 valence electrons. The molecule has 1 saturated carbocycles. The Hall–Kier alpha value is -2.08. The van der Waals surface area contributed by atoms with Gasteiger partial charge in [0.2, 0.25) is 5.91 Å². The minimum absolute atomic E-state index is 0.0634. The predicted molar refractivity (Wildman–Crippen MR) is 105 cm³/mol. The quantitative estimate of drug-likeness (QED) is 0.565. The summed E-state index contributed by atoms with van der Waals surface area (Å²) in [7, 11) is 0. The highest BCUT2D eigenvalue weighted by molar-refractivity contribution is 5.92. The smallest absolute Gasteiger partial charge is 0.407 e. The van der Waals surface area contributed by atoms with E-state index >= 15 is 0 Å². The molecule has 1 fully saturated rings. The first-order valence-corrected chi connectivity index (χ1v) is 10.1. The number of nitrogens with one attached hydrogen (secondary N) is 2. The van der Waals surface area contributed by atoms with Crippen LogP contribution in [-0.2, 0) is 9.53 Å². The van der Waals surface area contributed by atoms with E-state index in [1.54, 1.807) is 6.07 Å². The third-order valence-electron chi connectivity index (χ3n) is 4.94. The fraction of sp³-hybridized carbons (Fsp3) is 0.619. The number of amides is 2. The molecule has 1 aliphatic carbocycles. The lowest BCUT2D eigenvalue weighted by Crippen LogP contribution is -2.26. The van der Waals surface area contributed by atoms with Gasteiger partial charge >= 0.3 is 6.09 Å². The fourth-order valence-corrected chi connectivity index (χ4v) is 3.28. The largest absolute Gasteiger partial charge is 0.449 e. The number of unbranched alkanes of at least 4 members (excludes halogenated alkanes) is 1. The molecule has 1 aromatic carbocycles. The van der Waals surface area contributed by atoms with Crippen molar-refractivity contribution in [3.05, 3.63) is 29.8 Å². The summed E-state index contributed by atoms with van der Waals surface area (Å²) in [6.07, 6.45) is 6.36. The average molecular weight is 376 g/mol. The van der Waals surface area contributed by atoms with E-state index in [0.29, 0.717) is 24.2 Å². The van der Waals surface area contributed by atoms with Gasteiger partial charge in [-0.3, -0.25) is 4.79 Å². The third kappa shape index (κ3) is 7.59. The van der Waals surface area contributed by atoms with Gasteiger partial charge in [-0.1, -0.05) is 44.7 Å². The highest BCUT2D eigenvalue weighted by atomic mass is 16.5. The molecule has 0 heterocycles. The highest BCUT2D eigenvalue weighted by Crippen LogP contribution is 2.26. The van der Waals surface area contributed by atoms with Crippen molar-refractivity contribution >= 4 is 17.7 Å². The van der Waals surface area contributed by atoms with Crippen LogP contribution in [0.4, 0.5) is 10.5 Å². The zero-order chi connectivity index (χ0) is 19.5. The van der Waals surface area contributed by atoms with Crippen molar-refractivity contribution in [1.29, 1.82) is 0 Å². The molecule has 1 atom stereocenters. The van der Waals surface area contributed by atoms with E-state index in [-0.39, 0.29) is 18.4 Å². The molecule has 3 N–H and O–H groups in total. The molecule has 1 unspecified atom stereocenters. The van der Waals surface area contributed by atoms with Gasteiger partial charge in [-0.05, 0) is 37.0 Å². The maximum absolute atomic E-state index is 12.4. The molecular formula is C21H32N2O4. The number of aliphatic hydroxyl groups excluding tert-OH is 1. The average Bonchev–Trinajstić information content (AvgIpc) is 2.69. The van der Waals surface area contributed by atoms with E-state index in [1.165, 1.54) is 6.42 Å². The van der Waals surface area contributed by atoms with E-state index in [1.807, 2.05) is 18.2 Å². The molecule has 1 aliphatic rings. The van der Waals surface area contributed by atoms with Gasteiger partial charge in [-0.15, -0.1) is 0 Å². The lowest BCUT2D eigenvalue weighted by Gasteiger charge is -2.21. The summed E-state index contributed by atoms with van der Waals surface area (Å²) in [6, 6.07) is 7.23. The van der Waals surface area contributed by atoms with Crippen molar-refractivity contribution in [2.24, 2.45) is 5.92 Å². The fourth-order valence-electron chi connectivity index (χ4n) is 3.28. The van der Waals surface area contributed by atoms with Gasteiger partial charge in [0.25, 0.3) is 0 Å². The van der Waals surface area contributed by atoms with E-state index in [9.17, 15) is 14.7 Å². The summed E-state index contributed by atoms with van der Waals surface area (Å²) in [4.78, 5) is 23.9. The zero-order valence-corrected chi connectivity index (χ0v) is 16.2. The van der Waals surface area contributed by atoms with Crippen LogP contribution in [0.1, 0.15) is 70.0 Å².